The number of hydrogen-bond donors (Lipinski definition) is 1. The van der Waals surface area contributed by atoms with E-state index in [1.165, 1.54) is 0 Å². The van der Waals surface area contributed by atoms with Gasteiger partial charge in [-0.3, -0.25) is 0 Å². The van der Waals surface area contributed by atoms with Gasteiger partial charge in [0.1, 0.15) is 11.9 Å². The average Bonchev–Trinajstić information content (AvgIpc) is 2.92. The summed E-state index contributed by atoms with van der Waals surface area (Å²) in [5, 5.41) is 10.3. The van der Waals surface area contributed by atoms with Gasteiger partial charge in [0.25, 0.3) is 0 Å². The fourth-order valence-corrected chi connectivity index (χ4v) is 2.31. The molecule has 0 unspecified atom stereocenters. The Morgan fingerprint density at radius 2 is 1.95 bits per heavy atom. The molecule has 3 nitrogen and oxygen atoms in total. The zero-order valence-corrected chi connectivity index (χ0v) is 12.3. The molecule has 2 aromatic carbocycles. The molecule has 1 aromatic heterocycles. The number of fused-ring (bicyclic) bond motifs is 1. The van der Waals surface area contributed by atoms with Crippen molar-refractivity contribution in [2.75, 3.05) is 0 Å². The lowest BCUT2D eigenvalue weighted by molar-refractivity contribution is 1.27. The van der Waals surface area contributed by atoms with Crippen LogP contribution in [-0.4, -0.2) is 9.97 Å². The molecule has 0 radical (unpaired) electrons. The zero-order valence-electron chi connectivity index (χ0n) is 10.8. The van der Waals surface area contributed by atoms with E-state index in [4.69, 9.17) is 23.2 Å². The van der Waals surface area contributed by atoms with Crippen molar-refractivity contribution < 1.29 is 0 Å². The summed E-state index contributed by atoms with van der Waals surface area (Å²) in [5.74, 6) is 0.532. The molecule has 0 aliphatic carbocycles. The van der Waals surface area contributed by atoms with E-state index in [1.54, 1.807) is 24.3 Å². The number of nitrogens with zero attached hydrogens (tertiary/aromatic N) is 2. The fourth-order valence-electron chi connectivity index (χ4n) is 2.00. The van der Waals surface area contributed by atoms with Crippen molar-refractivity contribution in [1.82, 2.24) is 9.97 Å². The van der Waals surface area contributed by atoms with Gasteiger partial charge in [0, 0.05) is 0 Å². The summed E-state index contributed by atoms with van der Waals surface area (Å²) in [6.07, 6.45) is 1.72. The van der Waals surface area contributed by atoms with Crippen LogP contribution in [0.5, 0.6) is 0 Å². The molecule has 0 spiro atoms. The molecule has 0 bridgehead atoms. The first-order valence-electron chi connectivity index (χ1n) is 6.19. The molecule has 0 fully saturated rings. The van der Waals surface area contributed by atoms with Gasteiger partial charge in [0.05, 0.1) is 26.7 Å². The largest absolute Gasteiger partial charge is 0.337 e. The monoisotopic (exact) mass is 313 g/mol. The van der Waals surface area contributed by atoms with Crippen LogP contribution in [0.1, 0.15) is 11.4 Å². The van der Waals surface area contributed by atoms with Gasteiger partial charge in [0.2, 0.25) is 0 Å². The molecule has 0 aliphatic rings. The van der Waals surface area contributed by atoms with Crippen molar-refractivity contribution in [2.45, 2.75) is 0 Å². The van der Waals surface area contributed by atoms with Crippen LogP contribution in [0.4, 0.5) is 0 Å². The van der Waals surface area contributed by atoms with Crippen LogP contribution in [0.3, 0.4) is 0 Å². The lowest BCUT2D eigenvalue weighted by Crippen LogP contribution is -1.85. The lowest BCUT2D eigenvalue weighted by Gasteiger charge is -1.99. The number of nitriles is 1. The Morgan fingerprint density at radius 3 is 2.67 bits per heavy atom. The maximum Gasteiger partial charge on any atom is 0.149 e. The van der Waals surface area contributed by atoms with Crippen LogP contribution >= 0.6 is 23.2 Å². The number of allylic oxidation sites excluding steroid dienone is 1. The minimum Gasteiger partial charge on any atom is -0.337 e. The Bertz CT molecular complexity index is 855. The van der Waals surface area contributed by atoms with Crippen molar-refractivity contribution in [3.63, 3.8) is 0 Å². The first kappa shape index (κ1) is 13.7. The van der Waals surface area contributed by atoms with E-state index in [-0.39, 0.29) is 0 Å². The van der Waals surface area contributed by atoms with E-state index < -0.39 is 0 Å². The molecule has 0 saturated carbocycles. The Labute approximate surface area is 131 Å². The van der Waals surface area contributed by atoms with Gasteiger partial charge in [-0.25, -0.2) is 4.98 Å². The second kappa shape index (κ2) is 5.61. The van der Waals surface area contributed by atoms with Crippen LogP contribution in [0.2, 0.25) is 10.0 Å². The lowest BCUT2D eigenvalue weighted by atomic mass is 10.1. The second-order valence-electron chi connectivity index (χ2n) is 4.45. The van der Waals surface area contributed by atoms with Crippen LogP contribution in [0, 0.1) is 11.3 Å². The maximum absolute atomic E-state index is 9.35. The molecular formula is C16H9Cl2N3. The van der Waals surface area contributed by atoms with Crippen molar-refractivity contribution in [2.24, 2.45) is 0 Å². The average molecular weight is 314 g/mol. The summed E-state index contributed by atoms with van der Waals surface area (Å²) in [7, 11) is 0. The van der Waals surface area contributed by atoms with Gasteiger partial charge in [-0.2, -0.15) is 5.26 Å². The molecule has 1 N–H and O–H groups in total. The molecule has 102 valence electrons. The first-order valence-corrected chi connectivity index (χ1v) is 6.95. The third-order valence-corrected chi connectivity index (χ3v) is 3.76. The summed E-state index contributed by atoms with van der Waals surface area (Å²) < 4.78 is 0. The van der Waals surface area contributed by atoms with E-state index in [9.17, 15) is 5.26 Å². The molecule has 0 saturated heterocycles. The number of nitrogens with one attached hydrogen (secondary N) is 1. The van der Waals surface area contributed by atoms with Crippen LogP contribution in [-0.2, 0) is 0 Å². The third-order valence-electron chi connectivity index (χ3n) is 3.02. The molecular weight excluding hydrogens is 305 g/mol. The van der Waals surface area contributed by atoms with Gasteiger partial charge in [0.15, 0.2) is 0 Å². The number of imidazole rings is 1. The predicted octanol–water partition coefficient (Wildman–Crippen LogP) is 4.93. The SMILES string of the molecule is N#CC(=Cc1ccc(Cl)c(Cl)c1)c1nc2ccccc2[nH]1. The minimum atomic E-state index is 0.435. The Balaban J connectivity index is 2.06. The number of para-hydroxylation sites is 2. The van der Waals surface area contributed by atoms with Crippen LogP contribution < -0.4 is 0 Å². The molecule has 0 atom stereocenters. The first-order chi connectivity index (χ1) is 10.2. The van der Waals surface area contributed by atoms with E-state index in [0.29, 0.717) is 21.4 Å². The third kappa shape index (κ3) is 2.78. The van der Waals surface area contributed by atoms with Crippen LogP contribution in [0.15, 0.2) is 42.5 Å². The number of benzene rings is 2. The molecule has 0 amide bonds. The standard InChI is InChI=1S/C16H9Cl2N3/c17-12-6-5-10(8-13(12)18)7-11(9-19)16-20-14-3-1-2-4-15(14)21-16/h1-8H,(H,20,21). The molecule has 3 rings (SSSR count). The van der Waals surface area contributed by atoms with Crippen molar-refractivity contribution >= 4 is 45.9 Å². The summed E-state index contributed by atoms with van der Waals surface area (Å²) in [6.45, 7) is 0. The smallest absolute Gasteiger partial charge is 0.149 e. The van der Waals surface area contributed by atoms with Crippen molar-refractivity contribution in [3.8, 4) is 6.07 Å². The van der Waals surface area contributed by atoms with Gasteiger partial charge in [-0.1, -0.05) is 41.4 Å². The Kier molecular flexibility index (Phi) is 3.66. The van der Waals surface area contributed by atoms with Gasteiger partial charge in [-0.15, -0.1) is 0 Å². The zero-order chi connectivity index (χ0) is 14.8. The Morgan fingerprint density at radius 1 is 1.14 bits per heavy atom. The topological polar surface area (TPSA) is 52.5 Å². The quantitative estimate of drug-likeness (QED) is 0.682. The highest BCUT2D eigenvalue weighted by Gasteiger charge is 2.08. The van der Waals surface area contributed by atoms with Crippen molar-refractivity contribution in [1.29, 1.82) is 5.26 Å². The number of aromatic nitrogens is 2. The fraction of sp³-hybridized carbons (Fsp3) is 0. The summed E-state index contributed by atoms with van der Waals surface area (Å²) in [6, 6.07) is 15.0. The number of hydrogen-bond acceptors (Lipinski definition) is 2. The summed E-state index contributed by atoms with van der Waals surface area (Å²) >= 11 is 11.9. The maximum atomic E-state index is 9.35. The van der Waals surface area contributed by atoms with Gasteiger partial charge >= 0.3 is 0 Å². The number of rotatable bonds is 2. The van der Waals surface area contributed by atoms with E-state index in [1.807, 2.05) is 24.3 Å². The number of halogens is 2. The molecule has 1 heterocycles. The predicted molar refractivity (Wildman–Crippen MR) is 86.0 cm³/mol. The van der Waals surface area contributed by atoms with Crippen LogP contribution in [0.25, 0.3) is 22.7 Å². The summed E-state index contributed by atoms with van der Waals surface area (Å²) in [5.41, 5.74) is 2.94. The summed E-state index contributed by atoms with van der Waals surface area (Å²) in [4.78, 5) is 7.55. The van der Waals surface area contributed by atoms with E-state index in [0.717, 1.165) is 16.6 Å². The molecule has 21 heavy (non-hydrogen) atoms. The van der Waals surface area contributed by atoms with E-state index >= 15 is 0 Å². The molecule has 0 aliphatic heterocycles. The number of aromatic amines is 1. The molecule has 3 aromatic rings. The van der Waals surface area contributed by atoms with Crippen molar-refractivity contribution in [3.05, 3.63) is 63.9 Å². The normalized spacial score (nSPS) is 11.6. The molecule has 5 heteroatoms. The highest BCUT2D eigenvalue weighted by Crippen LogP contribution is 2.25. The van der Waals surface area contributed by atoms with Gasteiger partial charge < -0.3 is 4.98 Å². The minimum absolute atomic E-state index is 0.435. The Hall–Kier alpha value is -2.28. The highest BCUT2D eigenvalue weighted by atomic mass is 35.5. The van der Waals surface area contributed by atoms with E-state index in [2.05, 4.69) is 16.0 Å². The second-order valence-corrected chi connectivity index (χ2v) is 5.26. The number of H-pyrrole nitrogens is 1. The highest BCUT2D eigenvalue weighted by molar-refractivity contribution is 6.42. The van der Waals surface area contributed by atoms with Gasteiger partial charge in [-0.05, 0) is 35.9 Å².